The highest BCUT2D eigenvalue weighted by Gasteiger charge is 2.06. The first-order valence-corrected chi connectivity index (χ1v) is 6.96. The molecule has 0 aliphatic carbocycles. The number of hydrogen-bond acceptors (Lipinski definition) is 5. The second-order valence-corrected chi connectivity index (χ2v) is 4.45. The molecular formula is C14H20N4O5. The Bertz CT molecular complexity index is 532. The molecule has 0 unspecified atom stereocenters. The van der Waals surface area contributed by atoms with E-state index in [4.69, 9.17) is 15.2 Å². The molecule has 0 radical (unpaired) electrons. The van der Waals surface area contributed by atoms with E-state index < -0.39 is 24.5 Å². The molecule has 0 spiro atoms. The summed E-state index contributed by atoms with van der Waals surface area (Å²) in [7, 11) is 0. The number of ether oxygens (including phenoxy) is 2. The van der Waals surface area contributed by atoms with Crippen LogP contribution >= 0.6 is 0 Å². The van der Waals surface area contributed by atoms with Crippen molar-refractivity contribution in [2.75, 3.05) is 25.1 Å². The van der Waals surface area contributed by atoms with E-state index >= 15 is 0 Å². The first kappa shape index (κ1) is 18.2. The summed E-state index contributed by atoms with van der Waals surface area (Å²) in [6, 6.07) is 5.99. The molecule has 9 nitrogen and oxygen atoms in total. The fraction of sp³-hybridized carbons (Fsp3) is 0.357. The molecule has 9 heteroatoms. The van der Waals surface area contributed by atoms with Gasteiger partial charge in [0.25, 0.3) is 5.91 Å². The first-order valence-electron chi connectivity index (χ1n) is 6.96. The standard InChI is InChI=1S/C14H20N4O5/c1-2-7-23-11-5-3-10(4-6-11)16-12(19)8-22-9-13(20)17-18-14(15)21/h3-6H,2,7-9H2,1H3,(H,16,19)(H,17,20)(H3,15,18,21). The number of rotatable bonds is 8. The van der Waals surface area contributed by atoms with E-state index in [2.05, 4.69) is 5.32 Å². The lowest BCUT2D eigenvalue weighted by Crippen LogP contribution is -2.46. The summed E-state index contributed by atoms with van der Waals surface area (Å²) in [5.74, 6) is -0.323. The topological polar surface area (TPSA) is 132 Å². The van der Waals surface area contributed by atoms with E-state index in [9.17, 15) is 14.4 Å². The SMILES string of the molecule is CCCOc1ccc(NC(=O)COCC(=O)NNC(N)=O)cc1. The van der Waals surface area contributed by atoms with Crippen LogP contribution in [0.25, 0.3) is 0 Å². The van der Waals surface area contributed by atoms with E-state index in [0.29, 0.717) is 12.3 Å². The summed E-state index contributed by atoms with van der Waals surface area (Å²) in [4.78, 5) is 33.1. The van der Waals surface area contributed by atoms with Gasteiger partial charge < -0.3 is 20.5 Å². The number of nitrogens with two attached hydrogens (primary N) is 1. The number of primary amides is 1. The third kappa shape index (κ3) is 8.27. The third-order valence-corrected chi connectivity index (χ3v) is 2.40. The molecule has 4 amide bonds. The van der Waals surface area contributed by atoms with E-state index in [1.165, 1.54) is 0 Å². The molecule has 0 saturated carbocycles. The monoisotopic (exact) mass is 324 g/mol. The molecular weight excluding hydrogens is 304 g/mol. The molecule has 1 rings (SSSR count). The van der Waals surface area contributed by atoms with Crippen molar-refractivity contribution in [3.8, 4) is 5.75 Å². The van der Waals surface area contributed by atoms with Crippen LogP contribution in [0.15, 0.2) is 24.3 Å². The van der Waals surface area contributed by atoms with Crippen LogP contribution < -0.4 is 26.6 Å². The minimum absolute atomic E-state index is 0.307. The van der Waals surface area contributed by atoms with Crippen molar-refractivity contribution in [2.24, 2.45) is 5.73 Å². The van der Waals surface area contributed by atoms with Crippen LogP contribution in [-0.2, 0) is 14.3 Å². The Kier molecular flexibility index (Phi) is 7.94. The lowest BCUT2D eigenvalue weighted by atomic mass is 10.3. The summed E-state index contributed by atoms with van der Waals surface area (Å²) < 4.78 is 10.3. The summed E-state index contributed by atoms with van der Waals surface area (Å²) in [5, 5.41) is 2.61. The predicted molar refractivity (Wildman–Crippen MR) is 82.5 cm³/mol. The van der Waals surface area contributed by atoms with Crippen LogP contribution in [0, 0.1) is 0 Å². The van der Waals surface area contributed by atoms with Crippen molar-refractivity contribution in [1.29, 1.82) is 0 Å². The van der Waals surface area contributed by atoms with Gasteiger partial charge in [-0.3, -0.25) is 15.0 Å². The van der Waals surface area contributed by atoms with Crippen molar-refractivity contribution in [3.63, 3.8) is 0 Å². The smallest absolute Gasteiger partial charge is 0.330 e. The zero-order valence-electron chi connectivity index (χ0n) is 12.8. The maximum Gasteiger partial charge on any atom is 0.330 e. The summed E-state index contributed by atoms with van der Waals surface area (Å²) >= 11 is 0. The maximum absolute atomic E-state index is 11.6. The predicted octanol–water partition coefficient (Wildman–Crippen LogP) is 0.130. The fourth-order valence-electron chi connectivity index (χ4n) is 1.46. The minimum Gasteiger partial charge on any atom is -0.494 e. The van der Waals surface area contributed by atoms with Gasteiger partial charge in [0.05, 0.1) is 6.61 Å². The zero-order valence-corrected chi connectivity index (χ0v) is 12.8. The van der Waals surface area contributed by atoms with Gasteiger partial charge in [-0.1, -0.05) is 6.92 Å². The number of hydrazine groups is 1. The second kappa shape index (κ2) is 10.0. The number of amides is 4. The van der Waals surface area contributed by atoms with Gasteiger partial charge in [0, 0.05) is 5.69 Å². The van der Waals surface area contributed by atoms with Crippen LogP contribution in [0.4, 0.5) is 10.5 Å². The molecule has 0 atom stereocenters. The van der Waals surface area contributed by atoms with E-state index in [1.807, 2.05) is 17.8 Å². The normalized spacial score (nSPS) is 9.78. The average Bonchev–Trinajstić information content (AvgIpc) is 2.52. The lowest BCUT2D eigenvalue weighted by molar-refractivity contribution is -0.129. The molecule has 0 saturated heterocycles. The summed E-state index contributed by atoms with van der Waals surface area (Å²) in [5.41, 5.74) is 9.23. The van der Waals surface area contributed by atoms with Crippen LogP contribution in [0.2, 0.25) is 0 Å². The number of hydrogen-bond donors (Lipinski definition) is 4. The molecule has 0 heterocycles. The van der Waals surface area contributed by atoms with Gasteiger partial charge in [-0.2, -0.15) is 0 Å². The van der Waals surface area contributed by atoms with Crippen molar-refractivity contribution >= 4 is 23.5 Å². The largest absolute Gasteiger partial charge is 0.494 e. The van der Waals surface area contributed by atoms with E-state index in [1.54, 1.807) is 24.3 Å². The Balaban J connectivity index is 2.25. The lowest BCUT2D eigenvalue weighted by Gasteiger charge is -2.08. The first-order chi connectivity index (χ1) is 11.0. The number of nitrogens with one attached hydrogen (secondary N) is 3. The highest BCUT2D eigenvalue weighted by molar-refractivity contribution is 5.92. The Morgan fingerprint density at radius 2 is 1.70 bits per heavy atom. The fourth-order valence-corrected chi connectivity index (χ4v) is 1.46. The van der Waals surface area contributed by atoms with Gasteiger partial charge in [-0.05, 0) is 30.7 Å². The van der Waals surface area contributed by atoms with Gasteiger partial charge in [0.15, 0.2) is 0 Å². The minimum atomic E-state index is -0.901. The number of carbonyl (C=O) groups excluding carboxylic acids is 3. The van der Waals surface area contributed by atoms with Crippen LogP contribution in [0.5, 0.6) is 5.75 Å². The molecule has 1 aromatic carbocycles. The molecule has 0 aliphatic rings. The van der Waals surface area contributed by atoms with E-state index in [-0.39, 0.29) is 6.61 Å². The number of carbonyl (C=O) groups is 3. The van der Waals surface area contributed by atoms with E-state index in [0.717, 1.165) is 12.2 Å². The van der Waals surface area contributed by atoms with Gasteiger partial charge in [0.2, 0.25) is 5.91 Å². The molecule has 0 aliphatic heterocycles. The van der Waals surface area contributed by atoms with Crippen LogP contribution in [-0.4, -0.2) is 37.7 Å². The summed E-state index contributed by atoms with van der Waals surface area (Å²) in [6.45, 7) is 1.95. The molecule has 126 valence electrons. The summed E-state index contributed by atoms with van der Waals surface area (Å²) in [6.07, 6.45) is 0.915. The molecule has 23 heavy (non-hydrogen) atoms. The van der Waals surface area contributed by atoms with Gasteiger partial charge >= 0.3 is 6.03 Å². The maximum atomic E-state index is 11.6. The Labute approximate surface area is 133 Å². The highest BCUT2D eigenvalue weighted by Crippen LogP contribution is 2.15. The average molecular weight is 324 g/mol. The van der Waals surface area contributed by atoms with Gasteiger partial charge in [-0.25, -0.2) is 10.2 Å². The molecule has 1 aromatic rings. The zero-order chi connectivity index (χ0) is 17.1. The molecule has 0 aromatic heterocycles. The highest BCUT2D eigenvalue weighted by atomic mass is 16.5. The quantitative estimate of drug-likeness (QED) is 0.505. The van der Waals surface area contributed by atoms with Crippen molar-refractivity contribution in [1.82, 2.24) is 10.9 Å². The van der Waals surface area contributed by atoms with Crippen molar-refractivity contribution in [2.45, 2.75) is 13.3 Å². The third-order valence-electron chi connectivity index (χ3n) is 2.40. The number of benzene rings is 1. The second-order valence-electron chi connectivity index (χ2n) is 4.45. The van der Waals surface area contributed by atoms with Crippen molar-refractivity contribution in [3.05, 3.63) is 24.3 Å². The Morgan fingerprint density at radius 1 is 1.04 bits per heavy atom. The number of urea groups is 1. The van der Waals surface area contributed by atoms with Crippen LogP contribution in [0.1, 0.15) is 13.3 Å². The number of anilines is 1. The Hall–Kier alpha value is -2.81. The van der Waals surface area contributed by atoms with Crippen molar-refractivity contribution < 1.29 is 23.9 Å². The molecule has 5 N–H and O–H groups in total. The van der Waals surface area contributed by atoms with Crippen LogP contribution in [0.3, 0.4) is 0 Å². The molecule has 0 fully saturated rings. The Morgan fingerprint density at radius 3 is 2.30 bits per heavy atom. The van der Waals surface area contributed by atoms with Gasteiger partial charge in [-0.15, -0.1) is 0 Å². The molecule has 0 bridgehead atoms. The van der Waals surface area contributed by atoms with Gasteiger partial charge in [0.1, 0.15) is 19.0 Å².